The van der Waals surface area contributed by atoms with Gasteiger partial charge in [0.15, 0.2) is 0 Å². The van der Waals surface area contributed by atoms with E-state index in [2.05, 4.69) is 34.7 Å². The molecule has 0 saturated carbocycles. The first kappa shape index (κ1) is 25.6. The van der Waals surface area contributed by atoms with Gasteiger partial charge in [0, 0.05) is 36.6 Å². The van der Waals surface area contributed by atoms with Crippen molar-refractivity contribution in [3.63, 3.8) is 0 Å². The second-order valence-corrected chi connectivity index (χ2v) is 7.72. The topological polar surface area (TPSA) is 91.9 Å². The molecule has 0 atom stereocenters. The molecule has 0 heterocycles. The summed E-state index contributed by atoms with van der Waals surface area (Å²) in [5.41, 5.74) is 1.48. The number of carbonyl (C=O) groups is 2. The quantitative estimate of drug-likeness (QED) is 0.354. The SMILES string of the molecule is CCN(CC)CCNC(=O)c1ccc(NC(=O)Nc2cccc(Oc3ccccc3)c2)cc1OC. The smallest absolute Gasteiger partial charge is 0.323 e. The van der Waals surface area contributed by atoms with E-state index in [1.54, 1.807) is 36.4 Å². The van der Waals surface area contributed by atoms with Crippen LogP contribution < -0.4 is 25.4 Å². The first-order valence-electron chi connectivity index (χ1n) is 11.6. The first-order valence-corrected chi connectivity index (χ1v) is 11.6. The molecule has 3 aromatic rings. The highest BCUT2D eigenvalue weighted by molar-refractivity contribution is 6.01. The number of benzene rings is 3. The molecule has 3 amide bonds. The molecule has 8 nitrogen and oxygen atoms in total. The lowest BCUT2D eigenvalue weighted by Crippen LogP contribution is -2.34. The fourth-order valence-corrected chi connectivity index (χ4v) is 3.47. The molecule has 0 radical (unpaired) electrons. The number of carbonyl (C=O) groups excluding carboxylic acids is 2. The highest BCUT2D eigenvalue weighted by Crippen LogP contribution is 2.25. The Balaban J connectivity index is 1.58. The maximum Gasteiger partial charge on any atom is 0.323 e. The van der Waals surface area contributed by atoms with E-state index in [0.29, 0.717) is 40.7 Å². The van der Waals surface area contributed by atoms with Crippen molar-refractivity contribution in [2.24, 2.45) is 0 Å². The summed E-state index contributed by atoms with van der Waals surface area (Å²) in [4.78, 5) is 27.4. The van der Waals surface area contributed by atoms with Gasteiger partial charge in [0.1, 0.15) is 17.2 Å². The van der Waals surface area contributed by atoms with Crippen molar-refractivity contribution in [2.75, 3.05) is 43.9 Å². The van der Waals surface area contributed by atoms with Gasteiger partial charge in [-0.05, 0) is 49.5 Å². The maximum absolute atomic E-state index is 12.6. The number of likely N-dealkylation sites (N-methyl/N-ethyl adjacent to an activating group) is 1. The van der Waals surface area contributed by atoms with E-state index in [1.807, 2.05) is 36.4 Å². The Labute approximate surface area is 206 Å². The fraction of sp³-hybridized carbons (Fsp3) is 0.259. The molecule has 3 rings (SSSR count). The molecule has 0 aromatic heterocycles. The van der Waals surface area contributed by atoms with Crippen LogP contribution in [0.4, 0.5) is 16.2 Å². The van der Waals surface area contributed by atoms with E-state index in [1.165, 1.54) is 7.11 Å². The lowest BCUT2D eigenvalue weighted by molar-refractivity contribution is 0.0946. The van der Waals surface area contributed by atoms with Gasteiger partial charge in [-0.3, -0.25) is 4.79 Å². The Kier molecular flexibility index (Phi) is 9.50. The van der Waals surface area contributed by atoms with Crippen molar-refractivity contribution >= 4 is 23.3 Å². The van der Waals surface area contributed by atoms with Crippen LogP contribution in [0.1, 0.15) is 24.2 Å². The number of methoxy groups -OCH3 is 1. The monoisotopic (exact) mass is 476 g/mol. The Morgan fingerprint density at radius 2 is 1.51 bits per heavy atom. The number of para-hydroxylation sites is 1. The summed E-state index contributed by atoms with van der Waals surface area (Å²) in [5, 5.41) is 8.47. The number of amides is 3. The maximum atomic E-state index is 12.6. The van der Waals surface area contributed by atoms with Crippen molar-refractivity contribution in [3.8, 4) is 17.2 Å². The van der Waals surface area contributed by atoms with Crippen LogP contribution in [0.5, 0.6) is 17.2 Å². The normalized spacial score (nSPS) is 10.5. The van der Waals surface area contributed by atoms with Crippen LogP contribution in [0.25, 0.3) is 0 Å². The summed E-state index contributed by atoms with van der Waals surface area (Å²) in [6.07, 6.45) is 0. The molecule has 0 aliphatic rings. The third-order valence-electron chi connectivity index (χ3n) is 5.38. The predicted molar refractivity (Wildman–Crippen MR) is 139 cm³/mol. The summed E-state index contributed by atoms with van der Waals surface area (Å²) in [6, 6.07) is 21.0. The molecular formula is C27H32N4O4. The third kappa shape index (κ3) is 7.75. The minimum Gasteiger partial charge on any atom is -0.496 e. The molecular weight excluding hydrogens is 444 g/mol. The highest BCUT2D eigenvalue weighted by Gasteiger charge is 2.14. The van der Waals surface area contributed by atoms with Crippen LogP contribution in [-0.4, -0.2) is 50.1 Å². The molecule has 35 heavy (non-hydrogen) atoms. The highest BCUT2D eigenvalue weighted by atomic mass is 16.5. The van der Waals surface area contributed by atoms with Crippen molar-refractivity contribution in [1.29, 1.82) is 0 Å². The molecule has 184 valence electrons. The summed E-state index contributed by atoms with van der Waals surface area (Å²) < 4.78 is 11.2. The van der Waals surface area contributed by atoms with Gasteiger partial charge in [-0.15, -0.1) is 0 Å². The number of hydrogen-bond donors (Lipinski definition) is 3. The van der Waals surface area contributed by atoms with E-state index in [0.717, 1.165) is 19.6 Å². The molecule has 8 heteroatoms. The van der Waals surface area contributed by atoms with Gasteiger partial charge in [0.05, 0.1) is 12.7 Å². The van der Waals surface area contributed by atoms with Crippen molar-refractivity contribution in [1.82, 2.24) is 10.2 Å². The van der Waals surface area contributed by atoms with E-state index in [9.17, 15) is 9.59 Å². The van der Waals surface area contributed by atoms with Crippen LogP contribution in [0.2, 0.25) is 0 Å². The Hall–Kier alpha value is -4.04. The molecule has 0 spiro atoms. The summed E-state index contributed by atoms with van der Waals surface area (Å²) in [7, 11) is 1.49. The molecule has 0 fully saturated rings. The molecule has 3 aromatic carbocycles. The molecule has 3 N–H and O–H groups in total. The van der Waals surface area contributed by atoms with E-state index < -0.39 is 6.03 Å². The van der Waals surface area contributed by atoms with Crippen molar-refractivity contribution in [3.05, 3.63) is 78.4 Å². The van der Waals surface area contributed by atoms with Gasteiger partial charge in [0.2, 0.25) is 0 Å². The van der Waals surface area contributed by atoms with Crippen LogP contribution >= 0.6 is 0 Å². The number of ether oxygens (including phenoxy) is 2. The van der Waals surface area contributed by atoms with Crippen LogP contribution in [-0.2, 0) is 0 Å². The lowest BCUT2D eigenvalue weighted by atomic mass is 10.1. The number of anilines is 2. The van der Waals surface area contributed by atoms with Crippen LogP contribution in [0.3, 0.4) is 0 Å². The number of urea groups is 1. The molecule has 0 unspecified atom stereocenters. The fourth-order valence-electron chi connectivity index (χ4n) is 3.47. The summed E-state index contributed by atoms with van der Waals surface area (Å²) in [5.74, 6) is 1.46. The van der Waals surface area contributed by atoms with Gasteiger partial charge in [0.25, 0.3) is 5.91 Å². The molecule has 0 aliphatic heterocycles. The molecule has 0 bridgehead atoms. The third-order valence-corrected chi connectivity index (χ3v) is 5.38. The van der Waals surface area contributed by atoms with Gasteiger partial charge in [-0.2, -0.15) is 0 Å². The van der Waals surface area contributed by atoms with Gasteiger partial charge < -0.3 is 30.3 Å². The average molecular weight is 477 g/mol. The van der Waals surface area contributed by atoms with E-state index in [4.69, 9.17) is 9.47 Å². The number of hydrogen-bond acceptors (Lipinski definition) is 5. The lowest BCUT2D eigenvalue weighted by Gasteiger charge is -2.18. The molecule has 0 saturated heterocycles. The molecule has 0 aliphatic carbocycles. The minimum atomic E-state index is -0.430. The van der Waals surface area contributed by atoms with Crippen molar-refractivity contribution < 1.29 is 19.1 Å². The Morgan fingerprint density at radius 3 is 2.20 bits per heavy atom. The zero-order valence-corrected chi connectivity index (χ0v) is 20.3. The Bertz CT molecular complexity index is 1120. The Morgan fingerprint density at radius 1 is 0.829 bits per heavy atom. The zero-order chi connectivity index (χ0) is 25.0. The largest absolute Gasteiger partial charge is 0.496 e. The van der Waals surface area contributed by atoms with E-state index in [-0.39, 0.29) is 5.91 Å². The number of nitrogens with one attached hydrogen (secondary N) is 3. The number of rotatable bonds is 11. The predicted octanol–water partition coefficient (Wildman–Crippen LogP) is 5.20. The summed E-state index contributed by atoms with van der Waals surface area (Å²) >= 11 is 0. The van der Waals surface area contributed by atoms with Gasteiger partial charge in [-0.1, -0.05) is 38.1 Å². The van der Waals surface area contributed by atoms with E-state index >= 15 is 0 Å². The zero-order valence-electron chi connectivity index (χ0n) is 20.3. The average Bonchev–Trinajstić information content (AvgIpc) is 2.87. The second-order valence-electron chi connectivity index (χ2n) is 7.72. The number of nitrogens with zero attached hydrogens (tertiary/aromatic N) is 1. The van der Waals surface area contributed by atoms with Crippen molar-refractivity contribution in [2.45, 2.75) is 13.8 Å². The second kappa shape index (κ2) is 13.0. The van der Waals surface area contributed by atoms with Gasteiger partial charge in [-0.25, -0.2) is 4.79 Å². The first-order chi connectivity index (χ1) is 17.0. The minimum absolute atomic E-state index is 0.222. The summed E-state index contributed by atoms with van der Waals surface area (Å²) in [6.45, 7) is 7.36. The standard InChI is InChI=1S/C27H32N4O4/c1-4-31(5-2)17-16-28-26(32)24-15-14-21(19-25(24)34-3)30-27(33)29-20-10-9-13-23(18-20)35-22-11-7-6-8-12-22/h6-15,18-19H,4-5,16-17H2,1-3H3,(H,28,32)(H2,29,30,33). The van der Waals surface area contributed by atoms with Crippen LogP contribution in [0, 0.1) is 0 Å². The van der Waals surface area contributed by atoms with Gasteiger partial charge >= 0.3 is 6.03 Å². The van der Waals surface area contributed by atoms with Crippen LogP contribution in [0.15, 0.2) is 72.8 Å².